The average Bonchev–Trinajstić information content (AvgIpc) is 2.88. The number of hydrogen-bond donors (Lipinski definition) is 1. The van der Waals surface area contributed by atoms with Gasteiger partial charge < -0.3 is 8.98 Å². The van der Waals surface area contributed by atoms with Gasteiger partial charge in [0.25, 0.3) is 0 Å². The predicted molar refractivity (Wildman–Crippen MR) is 68.4 cm³/mol. The van der Waals surface area contributed by atoms with Gasteiger partial charge in [0.2, 0.25) is 0 Å². The molecular weight excluding hydrogens is 234 g/mol. The second kappa shape index (κ2) is 5.31. The van der Waals surface area contributed by atoms with Gasteiger partial charge in [-0.15, -0.1) is 0 Å². The summed E-state index contributed by atoms with van der Waals surface area (Å²) in [6.07, 6.45) is 3.39. The fourth-order valence-corrected chi connectivity index (χ4v) is 2.01. The van der Waals surface area contributed by atoms with E-state index in [1.165, 1.54) is 0 Å². The Hall–Kier alpha value is -1.36. The van der Waals surface area contributed by atoms with Crippen molar-refractivity contribution >= 4 is 12.2 Å². The second-order valence-electron chi connectivity index (χ2n) is 4.53. The predicted octanol–water partition coefficient (Wildman–Crippen LogP) is 2.97. The lowest BCUT2D eigenvalue weighted by molar-refractivity contribution is 0.484. The maximum absolute atomic E-state index is 5.31. The first kappa shape index (κ1) is 12.1. The number of hydrogen-bond acceptors (Lipinski definition) is 3. The quantitative estimate of drug-likeness (QED) is 0.831. The Kier molecular flexibility index (Phi) is 3.78. The molecule has 2 aromatic rings. The molecule has 1 N–H and O–H groups in total. The SMILES string of the molecule is CC(C)Cn1c(CCc2ccco2)n[nH]c1=S. The summed E-state index contributed by atoms with van der Waals surface area (Å²) in [5.41, 5.74) is 0. The van der Waals surface area contributed by atoms with E-state index < -0.39 is 0 Å². The molecule has 0 aliphatic rings. The van der Waals surface area contributed by atoms with Crippen LogP contribution in [0.1, 0.15) is 25.4 Å². The van der Waals surface area contributed by atoms with Crippen LogP contribution in [0.3, 0.4) is 0 Å². The van der Waals surface area contributed by atoms with Gasteiger partial charge in [0.05, 0.1) is 6.26 Å². The minimum atomic E-state index is 0.557. The maximum Gasteiger partial charge on any atom is 0.195 e. The average molecular weight is 251 g/mol. The summed E-state index contributed by atoms with van der Waals surface area (Å²) in [6.45, 7) is 5.25. The van der Waals surface area contributed by atoms with E-state index >= 15 is 0 Å². The highest BCUT2D eigenvalue weighted by Crippen LogP contribution is 2.09. The van der Waals surface area contributed by atoms with Crippen LogP contribution in [0.2, 0.25) is 0 Å². The zero-order valence-corrected chi connectivity index (χ0v) is 11.0. The van der Waals surface area contributed by atoms with Gasteiger partial charge in [-0.05, 0) is 30.3 Å². The smallest absolute Gasteiger partial charge is 0.195 e. The Morgan fingerprint density at radius 2 is 2.29 bits per heavy atom. The molecule has 0 spiro atoms. The van der Waals surface area contributed by atoms with Crippen molar-refractivity contribution in [1.29, 1.82) is 0 Å². The van der Waals surface area contributed by atoms with Crippen molar-refractivity contribution in [2.24, 2.45) is 5.92 Å². The van der Waals surface area contributed by atoms with Crippen molar-refractivity contribution < 1.29 is 4.42 Å². The molecule has 4 nitrogen and oxygen atoms in total. The largest absolute Gasteiger partial charge is 0.469 e. The fourth-order valence-electron chi connectivity index (χ4n) is 1.78. The van der Waals surface area contributed by atoms with Gasteiger partial charge in [-0.2, -0.15) is 5.10 Å². The van der Waals surface area contributed by atoms with E-state index in [1.807, 2.05) is 12.1 Å². The Balaban J connectivity index is 2.08. The van der Waals surface area contributed by atoms with Crippen molar-refractivity contribution in [2.45, 2.75) is 33.2 Å². The molecule has 0 saturated carbocycles. The molecule has 0 fully saturated rings. The van der Waals surface area contributed by atoms with Crippen LogP contribution >= 0.6 is 12.2 Å². The number of aromatic nitrogens is 3. The summed E-state index contributed by atoms with van der Waals surface area (Å²) < 4.78 is 8.08. The van der Waals surface area contributed by atoms with Crippen LogP contribution in [-0.2, 0) is 19.4 Å². The molecule has 0 aliphatic heterocycles. The van der Waals surface area contributed by atoms with Crippen LogP contribution in [0, 0.1) is 10.7 Å². The van der Waals surface area contributed by atoms with Gasteiger partial charge in [-0.25, -0.2) is 0 Å². The van der Waals surface area contributed by atoms with Crippen LogP contribution < -0.4 is 0 Å². The lowest BCUT2D eigenvalue weighted by atomic mass is 10.2. The van der Waals surface area contributed by atoms with E-state index in [9.17, 15) is 0 Å². The van der Waals surface area contributed by atoms with Crippen LogP contribution in [0.25, 0.3) is 0 Å². The van der Waals surface area contributed by atoms with Gasteiger partial charge in [0, 0.05) is 19.4 Å². The lowest BCUT2D eigenvalue weighted by Crippen LogP contribution is -2.09. The summed E-state index contributed by atoms with van der Waals surface area (Å²) >= 11 is 5.23. The van der Waals surface area contributed by atoms with Crippen molar-refractivity contribution in [2.75, 3.05) is 0 Å². The normalized spacial score (nSPS) is 11.2. The highest BCUT2D eigenvalue weighted by Gasteiger charge is 2.08. The third kappa shape index (κ3) is 3.06. The van der Waals surface area contributed by atoms with E-state index in [2.05, 4.69) is 28.6 Å². The van der Waals surface area contributed by atoms with Crippen molar-refractivity contribution in [3.05, 3.63) is 34.8 Å². The highest BCUT2D eigenvalue weighted by molar-refractivity contribution is 7.71. The van der Waals surface area contributed by atoms with Gasteiger partial charge in [-0.1, -0.05) is 13.8 Å². The Bertz CT molecular complexity index is 510. The lowest BCUT2D eigenvalue weighted by Gasteiger charge is -2.08. The molecule has 0 radical (unpaired) electrons. The third-order valence-corrected chi connectivity index (χ3v) is 2.87. The van der Waals surface area contributed by atoms with E-state index in [-0.39, 0.29) is 0 Å². The topological polar surface area (TPSA) is 46.8 Å². The number of aryl methyl sites for hydroxylation is 2. The zero-order chi connectivity index (χ0) is 12.3. The van der Waals surface area contributed by atoms with Gasteiger partial charge in [-0.3, -0.25) is 5.10 Å². The van der Waals surface area contributed by atoms with Gasteiger partial charge in [0.1, 0.15) is 11.6 Å². The Morgan fingerprint density at radius 1 is 1.47 bits per heavy atom. The molecule has 92 valence electrons. The number of nitrogens with one attached hydrogen (secondary N) is 1. The van der Waals surface area contributed by atoms with E-state index in [1.54, 1.807) is 6.26 Å². The van der Waals surface area contributed by atoms with Crippen molar-refractivity contribution in [3.8, 4) is 0 Å². The minimum Gasteiger partial charge on any atom is -0.469 e. The van der Waals surface area contributed by atoms with Crippen LogP contribution in [-0.4, -0.2) is 14.8 Å². The number of furan rings is 1. The summed E-state index contributed by atoms with van der Waals surface area (Å²) in [7, 11) is 0. The molecule has 0 unspecified atom stereocenters. The molecule has 0 amide bonds. The monoisotopic (exact) mass is 251 g/mol. The number of rotatable bonds is 5. The van der Waals surface area contributed by atoms with Crippen molar-refractivity contribution in [3.63, 3.8) is 0 Å². The molecule has 0 atom stereocenters. The number of aromatic amines is 1. The first-order chi connectivity index (χ1) is 8.16. The second-order valence-corrected chi connectivity index (χ2v) is 4.92. The minimum absolute atomic E-state index is 0.557. The third-order valence-electron chi connectivity index (χ3n) is 2.56. The van der Waals surface area contributed by atoms with Crippen LogP contribution in [0.4, 0.5) is 0 Å². The van der Waals surface area contributed by atoms with Crippen LogP contribution in [0.15, 0.2) is 22.8 Å². The molecule has 17 heavy (non-hydrogen) atoms. The fraction of sp³-hybridized carbons (Fsp3) is 0.500. The Labute approximate surface area is 106 Å². The molecule has 2 heterocycles. The van der Waals surface area contributed by atoms with Crippen LogP contribution in [0.5, 0.6) is 0 Å². The zero-order valence-electron chi connectivity index (χ0n) is 10.1. The molecule has 0 aliphatic carbocycles. The first-order valence-electron chi connectivity index (χ1n) is 5.83. The van der Waals surface area contributed by atoms with Gasteiger partial charge >= 0.3 is 0 Å². The number of nitrogens with zero attached hydrogens (tertiary/aromatic N) is 2. The standard InChI is InChI=1S/C12H17N3OS/c1-9(2)8-15-11(13-14-12(15)17)6-5-10-4-3-7-16-10/h3-4,7,9H,5-6,8H2,1-2H3,(H,14,17). The van der Waals surface area contributed by atoms with E-state index in [0.29, 0.717) is 10.7 Å². The number of H-pyrrole nitrogens is 1. The molecular formula is C12H17N3OS. The summed E-state index contributed by atoms with van der Waals surface area (Å²) in [6, 6.07) is 3.88. The molecule has 2 rings (SSSR count). The summed E-state index contributed by atoms with van der Waals surface area (Å²) in [5.74, 6) is 2.54. The first-order valence-corrected chi connectivity index (χ1v) is 6.24. The molecule has 5 heteroatoms. The maximum atomic E-state index is 5.31. The highest BCUT2D eigenvalue weighted by atomic mass is 32.1. The summed E-state index contributed by atoms with van der Waals surface area (Å²) in [4.78, 5) is 0. The molecule has 0 aromatic carbocycles. The molecule has 0 saturated heterocycles. The summed E-state index contributed by atoms with van der Waals surface area (Å²) in [5, 5.41) is 7.13. The van der Waals surface area contributed by atoms with Crippen molar-refractivity contribution in [1.82, 2.24) is 14.8 Å². The Morgan fingerprint density at radius 3 is 2.94 bits per heavy atom. The van der Waals surface area contributed by atoms with E-state index in [4.69, 9.17) is 16.6 Å². The molecule has 0 bridgehead atoms. The molecule has 2 aromatic heterocycles. The van der Waals surface area contributed by atoms with E-state index in [0.717, 1.165) is 31.0 Å². The van der Waals surface area contributed by atoms with Gasteiger partial charge in [0.15, 0.2) is 4.77 Å².